The third kappa shape index (κ3) is 7.71. The highest BCUT2D eigenvalue weighted by molar-refractivity contribution is 7.92. The van der Waals surface area contributed by atoms with E-state index in [1.165, 1.54) is 16.2 Å². The van der Waals surface area contributed by atoms with Gasteiger partial charge < -0.3 is 15.1 Å². The molecule has 2 saturated carbocycles. The number of imide groups is 1. The number of nitrogens with one attached hydrogen (secondary N) is 2. The molecule has 5 aromatic rings. The van der Waals surface area contributed by atoms with Crippen LogP contribution in [0, 0.1) is 24.1 Å². The first kappa shape index (κ1) is 44.7. The van der Waals surface area contributed by atoms with Crippen molar-refractivity contribution in [3.63, 3.8) is 0 Å². The van der Waals surface area contributed by atoms with Crippen molar-refractivity contribution in [2.45, 2.75) is 126 Å². The van der Waals surface area contributed by atoms with E-state index >= 15 is 4.39 Å². The van der Waals surface area contributed by atoms with Crippen LogP contribution < -0.4 is 26.8 Å². The van der Waals surface area contributed by atoms with E-state index in [0.29, 0.717) is 76.7 Å². The van der Waals surface area contributed by atoms with Crippen LogP contribution in [0.25, 0.3) is 22.1 Å². The fourth-order valence-electron chi connectivity index (χ4n) is 12.1. The van der Waals surface area contributed by atoms with Crippen LogP contribution in [-0.4, -0.2) is 86.3 Å². The zero-order valence-electron chi connectivity index (χ0n) is 37.7. The average molecular weight is 943 g/mol. The molecule has 3 aromatic heterocycles. The Morgan fingerprint density at radius 1 is 0.955 bits per heavy atom. The fourth-order valence-corrected chi connectivity index (χ4v) is 14.4. The number of carbonyl (C=O) groups excluding carboxylic acids is 2. The van der Waals surface area contributed by atoms with Crippen molar-refractivity contribution >= 4 is 72.6 Å². The van der Waals surface area contributed by atoms with Gasteiger partial charge in [-0.15, -0.1) is 0 Å². The number of amides is 2. The number of rotatable bonds is 10. The molecule has 2 aromatic carbocycles. The van der Waals surface area contributed by atoms with Crippen LogP contribution in [0.15, 0.2) is 57.1 Å². The summed E-state index contributed by atoms with van der Waals surface area (Å²) in [5.41, 5.74) is 2.18. The molecular weight excluding hydrogens is 885 g/mol. The highest BCUT2D eigenvalue weighted by atomic mass is 35.5. The first-order valence-corrected chi connectivity index (χ1v) is 25.5. The van der Waals surface area contributed by atoms with Gasteiger partial charge in [0.05, 0.1) is 21.3 Å². The van der Waals surface area contributed by atoms with Gasteiger partial charge in [0.2, 0.25) is 17.8 Å². The van der Waals surface area contributed by atoms with Gasteiger partial charge in [-0.3, -0.25) is 33.4 Å². The predicted octanol–water partition coefficient (Wildman–Crippen LogP) is 7.10. The molecule has 350 valence electrons. The smallest absolute Gasteiger partial charge is 0.329 e. The fraction of sp³-hybridized carbons (Fsp3) is 0.542. The molecule has 0 bridgehead atoms. The largest absolute Gasteiger partial charge is 0.369 e. The topological polar surface area (TPSA) is 174 Å². The number of halogens is 2. The van der Waals surface area contributed by atoms with E-state index in [9.17, 15) is 27.6 Å². The number of carbonyl (C=O) groups is 2. The lowest BCUT2D eigenvalue weighted by atomic mass is 9.62. The molecule has 6 heterocycles. The van der Waals surface area contributed by atoms with Gasteiger partial charge in [-0.2, -0.15) is 4.98 Å². The quantitative estimate of drug-likeness (QED) is 0.137. The van der Waals surface area contributed by atoms with Crippen molar-refractivity contribution in [3.05, 3.63) is 79.8 Å². The molecule has 1 spiro atoms. The molecule has 2 N–H and O–H groups in total. The summed E-state index contributed by atoms with van der Waals surface area (Å²) in [5.74, 6) is -0.658. The summed E-state index contributed by atoms with van der Waals surface area (Å²) in [6.07, 6.45) is 11.9. The molecule has 3 saturated heterocycles. The van der Waals surface area contributed by atoms with Gasteiger partial charge in [0.25, 0.3) is 5.56 Å². The molecular formula is C48H57ClFN9O6S. The number of imidazole rings is 1. The van der Waals surface area contributed by atoms with E-state index in [4.69, 9.17) is 16.6 Å². The van der Waals surface area contributed by atoms with Crippen molar-refractivity contribution < 1.29 is 22.4 Å². The van der Waals surface area contributed by atoms with Gasteiger partial charge in [0, 0.05) is 55.9 Å². The standard InChI is InChI=1S/C48H57ClFN9O6S/c1-4-36(29-15-19-56(20-16-29)37-11-12-38-42(41(37)50)55(3)47(63)59(38)39-13-14-40(60)53-44(39)61)57-21-17-48(18-22-57)25-33(26-48)66(64,65)32-9-10-35(28(2)23-32)52-46-51-27-30-24-34(49)45(62)58(43(30)54-46)31-7-5-6-8-31/h9-12,23-24,27,29,31,33,36,39H,4-8,13-22,25-26H2,1-3H3,(H,51,52,54)(H,53,60,61). The molecule has 2 unspecified atom stereocenters. The number of hydrogen-bond donors (Lipinski definition) is 2. The number of aryl methyl sites for hydroxylation is 2. The van der Waals surface area contributed by atoms with Crippen LogP contribution in [-0.2, 0) is 26.5 Å². The number of anilines is 3. The van der Waals surface area contributed by atoms with E-state index in [1.807, 2.05) is 6.92 Å². The Morgan fingerprint density at radius 3 is 2.36 bits per heavy atom. The van der Waals surface area contributed by atoms with Gasteiger partial charge in [-0.25, -0.2) is 22.6 Å². The van der Waals surface area contributed by atoms with Crippen LogP contribution in [0.2, 0.25) is 5.02 Å². The number of hydrogen-bond acceptors (Lipinski definition) is 11. The average Bonchev–Trinajstić information content (AvgIpc) is 3.91. The molecule has 2 atom stereocenters. The van der Waals surface area contributed by atoms with Crippen LogP contribution >= 0.6 is 11.6 Å². The normalized spacial score (nSPS) is 21.8. The van der Waals surface area contributed by atoms with Crippen molar-refractivity contribution in [2.75, 3.05) is 36.4 Å². The molecule has 0 radical (unpaired) electrons. The maximum Gasteiger partial charge on any atom is 0.329 e. The maximum absolute atomic E-state index is 16.3. The molecule has 2 aliphatic carbocycles. The number of likely N-dealkylation sites (tertiary alicyclic amines) is 1. The van der Waals surface area contributed by atoms with Crippen molar-refractivity contribution in [3.8, 4) is 0 Å². The van der Waals surface area contributed by atoms with Gasteiger partial charge in [0.1, 0.15) is 22.2 Å². The number of nitrogens with zero attached hydrogens (tertiary/aromatic N) is 7. The minimum Gasteiger partial charge on any atom is -0.369 e. The number of piperidine rings is 3. The molecule has 5 aliphatic rings. The summed E-state index contributed by atoms with van der Waals surface area (Å²) in [5, 5.41) is 5.98. The summed E-state index contributed by atoms with van der Waals surface area (Å²) in [7, 11) is -2.04. The number of benzene rings is 2. The number of pyridine rings is 1. The first-order valence-electron chi connectivity index (χ1n) is 23.6. The van der Waals surface area contributed by atoms with Crippen molar-refractivity contribution in [2.24, 2.45) is 18.4 Å². The van der Waals surface area contributed by atoms with Gasteiger partial charge in [-0.05, 0) is 138 Å². The number of aromatic nitrogens is 5. The third-order valence-corrected chi connectivity index (χ3v) is 18.2. The zero-order valence-corrected chi connectivity index (χ0v) is 39.3. The van der Waals surface area contributed by atoms with Gasteiger partial charge in [-0.1, -0.05) is 31.4 Å². The van der Waals surface area contributed by atoms with E-state index in [0.717, 1.165) is 76.4 Å². The van der Waals surface area contributed by atoms with E-state index in [1.54, 1.807) is 47.2 Å². The minimum absolute atomic E-state index is 0.0246. The Labute approximate surface area is 387 Å². The molecule has 5 fully saturated rings. The summed E-state index contributed by atoms with van der Waals surface area (Å²) in [6, 6.07) is 9.74. The van der Waals surface area contributed by atoms with Crippen molar-refractivity contribution in [1.82, 2.24) is 33.9 Å². The minimum atomic E-state index is -3.55. The Kier molecular flexibility index (Phi) is 11.6. The molecule has 66 heavy (non-hydrogen) atoms. The summed E-state index contributed by atoms with van der Waals surface area (Å²) in [4.78, 5) is 65.1. The van der Waals surface area contributed by atoms with Crippen LogP contribution in [0.5, 0.6) is 0 Å². The highest BCUT2D eigenvalue weighted by Crippen LogP contribution is 2.53. The molecule has 3 aliphatic heterocycles. The number of sulfone groups is 1. The highest BCUT2D eigenvalue weighted by Gasteiger charge is 2.52. The Balaban J connectivity index is 0.747. The van der Waals surface area contributed by atoms with Gasteiger partial charge >= 0.3 is 5.69 Å². The monoisotopic (exact) mass is 941 g/mol. The molecule has 2 amide bonds. The summed E-state index contributed by atoms with van der Waals surface area (Å²) in [6.45, 7) is 7.31. The lowest BCUT2D eigenvalue weighted by molar-refractivity contribution is -0.135. The van der Waals surface area contributed by atoms with Crippen LogP contribution in [0.3, 0.4) is 0 Å². The van der Waals surface area contributed by atoms with Gasteiger partial charge in [0.15, 0.2) is 15.7 Å². The second-order valence-electron chi connectivity index (χ2n) is 19.5. The second-order valence-corrected chi connectivity index (χ2v) is 22.2. The lowest BCUT2D eigenvalue weighted by Crippen LogP contribution is -2.55. The Hall–Kier alpha value is -5.13. The second kappa shape index (κ2) is 17.2. The molecule has 15 nitrogen and oxygen atoms in total. The van der Waals surface area contributed by atoms with E-state index in [2.05, 4.69) is 32.3 Å². The first-order chi connectivity index (χ1) is 31.7. The lowest BCUT2D eigenvalue weighted by Gasteiger charge is -2.53. The zero-order chi connectivity index (χ0) is 46.2. The summed E-state index contributed by atoms with van der Waals surface area (Å²) >= 11 is 6.32. The van der Waals surface area contributed by atoms with Crippen molar-refractivity contribution in [1.29, 1.82) is 0 Å². The third-order valence-electron chi connectivity index (χ3n) is 15.8. The van der Waals surface area contributed by atoms with E-state index < -0.39 is 38.5 Å². The predicted molar refractivity (Wildman–Crippen MR) is 252 cm³/mol. The maximum atomic E-state index is 16.3. The molecule has 18 heteroatoms. The summed E-state index contributed by atoms with van der Waals surface area (Å²) < 4.78 is 48.7. The number of fused-ring (bicyclic) bond motifs is 2. The SMILES string of the molecule is CCC(C1CCN(c2ccc3c(c2F)n(C)c(=O)n3C2CCC(=O)NC2=O)CC1)N1CCC2(CC1)CC(S(=O)(=O)c1ccc(Nc3ncc4cc(Cl)c(=O)n(C5CCCC5)c4n3)c(C)c1)C2. The molecule has 10 rings (SSSR count). The van der Waals surface area contributed by atoms with Crippen LogP contribution in [0.1, 0.15) is 108 Å². The Bertz CT molecular complexity index is 2990. The van der Waals surface area contributed by atoms with Crippen LogP contribution in [0.4, 0.5) is 21.7 Å². The Morgan fingerprint density at radius 2 is 1.68 bits per heavy atom. The van der Waals surface area contributed by atoms with E-state index in [-0.39, 0.29) is 46.3 Å².